The topological polar surface area (TPSA) is 51.8 Å². The lowest BCUT2D eigenvalue weighted by molar-refractivity contribution is 0.923. The van der Waals surface area contributed by atoms with Gasteiger partial charge in [0.2, 0.25) is 0 Å². The predicted molar refractivity (Wildman–Crippen MR) is 75.5 cm³/mol. The normalized spacial score (nSPS) is 11.2. The van der Waals surface area contributed by atoms with Gasteiger partial charge in [-0.05, 0) is 24.1 Å². The molecule has 0 amide bonds. The first-order valence-electron chi connectivity index (χ1n) is 6.22. The van der Waals surface area contributed by atoms with E-state index >= 15 is 0 Å². The molecule has 0 saturated heterocycles. The van der Waals surface area contributed by atoms with Crippen LogP contribution in [0.3, 0.4) is 0 Å². The maximum Gasteiger partial charge on any atom is 0.150 e. The van der Waals surface area contributed by atoms with E-state index in [4.69, 9.17) is 5.73 Å². The van der Waals surface area contributed by atoms with Crippen molar-refractivity contribution in [1.82, 2.24) is 9.97 Å². The van der Waals surface area contributed by atoms with Crippen molar-refractivity contribution in [2.45, 2.75) is 19.8 Å². The summed E-state index contributed by atoms with van der Waals surface area (Å²) in [6.07, 6.45) is 3.95. The smallest absolute Gasteiger partial charge is 0.150 e. The number of aryl methyl sites for hydroxylation is 1. The summed E-state index contributed by atoms with van der Waals surface area (Å²) in [6, 6.07) is 10.4. The molecule has 0 unspecified atom stereocenters. The molecule has 0 saturated carbocycles. The van der Waals surface area contributed by atoms with Crippen LogP contribution in [0.4, 0.5) is 5.82 Å². The fourth-order valence-corrected chi connectivity index (χ4v) is 2.35. The van der Waals surface area contributed by atoms with E-state index in [0.717, 1.165) is 34.6 Å². The SMILES string of the molecule is CCCc1ccc2c(c1)nc(N)c1ncccc12. The molecule has 0 fully saturated rings. The van der Waals surface area contributed by atoms with Crippen molar-refractivity contribution in [3.05, 3.63) is 42.1 Å². The number of benzene rings is 1. The van der Waals surface area contributed by atoms with Gasteiger partial charge in [0.1, 0.15) is 5.52 Å². The van der Waals surface area contributed by atoms with Crippen molar-refractivity contribution < 1.29 is 0 Å². The van der Waals surface area contributed by atoms with Crippen molar-refractivity contribution in [3.8, 4) is 0 Å². The number of nitrogen functional groups attached to an aromatic ring is 1. The molecule has 2 N–H and O–H groups in total. The van der Waals surface area contributed by atoms with E-state index < -0.39 is 0 Å². The van der Waals surface area contributed by atoms with Gasteiger partial charge in [-0.25, -0.2) is 4.98 Å². The average molecular weight is 237 g/mol. The summed E-state index contributed by atoms with van der Waals surface area (Å²) in [5.74, 6) is 0.506. The Hall–Kier alpha value is -2.16. The third-order valence-electron chi connectivity index (χ3n) is 3.18. The first kappa shape index (κ1) is 11.0. The van der Waals surface area contributed by atoms with Crippen LogP contribution in [0.5, 0.6) is 0 Å². The van der Waals surface area contributed by atoms with Crippen molar-refractivity contribution in [2.24, 2.45) is 0 Å². The molecule has 3 aromatic rings. The molecule has 90 valence electrons. The van der Waals surface area contributed by atoms with Crippen LogP contribution < -0.4 is 5.73 Å². The molecule has 0 radical (unpaired) electrons. The molecule has 0 spiro atoms. The lowest BCUT2D eigenvalue weighted by atomic mass is 10.0. The Balaban J connectivity index is 2.35. The molecule has 2 heterocycles. The van der Waals surface area contributed by atoms with Crippen molar-refractivity contribution in [2.75, 3.05) is 5.73 Å². The number of hydrogen-bond acceptors (Lipinski definition) is 3. The Morgan fingerprint density at radius 2 is 2.06 bits per heavy atom. The van der Waals surface area contributed by atoms with Gasteiger partial charge in [-0.2, -0.15) is 0 Å². The van der Waals surface area contributed by atoms with E-state index in [1.807, 2.05) is 12.1 Å². The van der Waals surface area contributed by atoms with Crippen LogP contribution in [0.25, 0.3) is 21.8 Å². The van der Waals surface area contributed by atoms with Gasteiger partial charge in [-0.1, -0.05) is 31.5 Å². The Bertz CT molecular complexity index is 719. The number of fused-ring (bicyclic) bond motifs is 3. The largest absolute Gasteiger partial charge is 0.382 e. The van der Waals surface area contributed by atoms with Crippen molar-refractivity contribution in [3.63, 3.8) is 0 Å². The number of hydrogen-bond donors (Lipinski definition) is 1. The summed E-state index contributed by atoms with van der Waals surface area (Å²) in [6.45, 7) is 2.18. The van der Waals surface area contributed by atoms with Crippen LogP contribution in [0.1, 0.15) is 18.9 Å². The van der Waals surface area contributed by atoms with Gasteiger partial charge in [0, 0.05) is 17.0 Å². The molecule has 3 nitrogen and oxygen atoms in total. The van der Waals surface area contributed by atoms with E-state index in [2.05, 4.69) is 35.1 Å². The number of aromatic nitrogens is 2. The van der Waals surface area contributed by atoms with Crippen molar-refractivity contribution >= 4 is 27.6 Å². The molecule has 18 heavy (non-hydrogen) atoms. The van der Waals surface area contributed by atoms with E-state index in [-0.39, 0.29) is 0 Å². The minimum absolute atomic E-state index is 0.506. The summed E-state index contributed by atoms with van der Waals surface area (Å²) in [5.41, 5.74) is 9.02. The Labute approximate surface area is 106 Å². The average Bonchev–Trinajstić information content (AvgIpc) is 2.39. The minimum atomic E-state index is 0.506. The molecule has 1 aromatic carbocycles. The minimum Gasteiger partial charge on any atom is -0.382 e. The molecule has 3 rings (SSSR count). The van der Waals surface area contributed by atoms with Gasteiger partial charge in [0.15, 0.2) is 5.82 Å². The van der Waals surface area contributed by atoms with Crippen LogP contribution in [0.2, 0.25) is 0 Å². The van der Waals surface area contributed by atoms with Gasteiger partial charge in [0.05, 0.1) is 5.52 Å². The fourth-order valence-electron chi connectivity index (χ4n) is 2.35. The second kappa shape index (κ2) is 4.26. The third kappa shape index (κ3) is 1.68. The van der Waals surface area contributed by atoms with Gasteiger partial charge >= 0.3 is 0 Å². The fraction of sp³-hybridized carbons (Fsp3) is 0.200. The Morgan fingerprint density at radius 3 is 2.89 bits per heavy atom. The molecule has 2 aromatic heterocycles. The number of nitrogens with zero attached hydrogens (tertiary/aromatic N) is 2. The standard InChI is InChI=1S/C15H15N3/c1-2-4-10-6-7-11-12-5-3-8-17-14(12)15(16)18-13(11)9-10/h3,5-9H,2,4H2,1H3,(H2,16,18). The zero-order valence-electron chi connectivity index (χ0n) is 10.4. The van der Waals surface area contributed by atoms with Gasteiger partial charge in [-0.15, -0.1) is 0 Å². The quantitative estimate of drug-likeness (QED) is 0.695. The Morgan fingerprint density at radius 1 is 1.17 bits per heavy atom. The summed E-state index contributed by atoms with van der Waals surface area (Å²) < 4.78 is 0. The lowest BCUT2D eigenvalue weighted by Gasteiger charge is -2.07. The second-order valence-corrected chi connectivity index (χ2v) is 4.50. The first-order valence-corrected chi connectivity index (χ1v) is 6.22. The van der Waals surface area contributed by atoms with Crippen molar-refractivity contribution in [1.29, 1.82) is 0 Å². The van der Waals surface area contributed by atoms with Gasteiger partial charge in [-0.3, -0.25) is 4.98 Å². The summed E-state index contributed by atoms with van der Waals surface area (Å²) in [4.78, 5) is 8.76. The van der Waals surface area contributed by atoms with E-state index in [1.165, 1.54) is 5.56 Å². The van der Waals surface area contributed by atoms with Gasteiger partial charge < -0.3 is 5.73 Å². The highest BCUT2D eigenvalue weighted by Gasteiger charge is 2.07. The summed E-state index contributed by atoms with van der Waals surface area (Å²) in [7, 11) is 0. The van der Waals surface area contributed by atoms with Gasteiger partial charge in [0.25, 0.3) is 0 Å². The molecule has 0 atom stereocenters. The Kier molecular flexibility index (Phi) is 2.59. The number of anilines is 1. The highest BCUT2D eigenvalue weighted by atomic mass is 14.9. The number of nitrogens with two attached hydrogens (primary N) is 1. The van der Waals surface area contributed by atoms with E-state index in [9.17, 15) is 0 Å². The monoisotopic (exact) mass is 237 g/mol. The molecule has 3 heteroatoms. The van der Waals surface area contributed by atoms with Crippen LogP contribution in [-0.4, -0.2) is 9.97 Å². The molecule has 0 aliphatic carbocycles. The summed E-state index contributed by atoms with van der Waals surface area (Å²) >= 11 is 0. The zero-order valence-corrected chi connectivity index (χ0v) is 10.4. The molecular weight excluding hydrogens is 222 g/mol. The molecule has 0 aliphatic heterocycles. The van der Waals surface area contributed by atoms with Crippen LogP contribution in [0.15, 0.2) is 36.5 Å². The number of pyridine rings is 2. The maximum atomic E-state index is 5.97. The van der Waals surface area contributed by atoms with E-state index in [0.29, 0.717) is 5.82 Å². The zero-order chi connectivity index (χ0) is 12.5. The highest BCUT2D eigenvalue weighted by Crippen LogP contribution is 2.26. The first-order chi connectivity index (χ1) is 8.79. The van der Waals surface area contributed by atoms with Crippen LogP contribution in [0, 0.1) is 0 Å². The molecule has 0 aliphatic rings. The lowest BCUT2D eigenvalue weighted by Crippen LogP contribution is -1.95. The molecule has 0 bridgehead atoms. The van der Waals surface area contributed by atoms with Crippen LogP contribution in [-0.2, 0) is 6.42 Å². The summed E-state index contributed by atoms with van der Waals surface area (Å²) in [5, 5.41) is 2.19. The predicted octanol–water partition coefficient (Wildman–Crippen LogP) is 3.32. The highest BCUT2D eigenvalue weighted by molar-refractivity contribution is 6.07. The number of rotatable bonds is 2. The molecular formula is C15H15N3. The van der Waals surface area contributed by atoms with E-state index in [1.54, 1.807) is 6.20 Å². The third-order valence-corrected chi connectivity index (χ3v) is 3.18. The van der Waals surface area contributed by atoms with Crippen LogP contribution >= 0.6 is 0 Å². The second-order valence-electron chi connectivity index (χ2n) is 4.50. The maximum absolute atomic E-state index is 5.97.